The van der Waals surface area contributed by atoms with Gasteiger partial charge in [0.15, 0.2) is 0 Å². The van der Waals surface area contributed by atoms with Crippen LogP contribution in [0, 0.1) is 17.0 Å². The molecule has 0 aliphatic heterocycles. The Morgan fingerprint density at radius 2 is 1.57 bits per heavy atom. The molecule has 13 heteroatoms. The van der Waals surface area contributed by atoms with Crippen LogP contribution in [0.2, 0.25) is 0 Å². The molecule has 0 unspecified atom stereocenters. The quantitative estimate of drug-likeness (QED) is 0.123. The van der Waals surface area contributed by atoms with E-state index in [1.165, 1.54) is 43.2 Å². The summed E-state index contributed by atoms with van der Waals surface area (Å²) in [5.41, 5.74) is 0.922. The summed E-state index contributed by atoms with van der Waals surface area (Å²) in [6.45, 7) is 6.31. The highest BCUT2D eigenvalue weighted by Crippen LogP contribution is 2.30. The summed E-state index contributed by atoms with van der Waals surface area (Å²) in [7, 11) is -3.09. The van der Waals surface area contributed by atoms with Gasteiger partial charge in [-0.1, -0.05) is 64.5 Å². The van der Waals surface area contributed by atoms with Gasteiger partial charge in [0.25, 0.3) is 15.7 Å². The van der Waals surface area contributed by atoms with Crippen molar-refractivity contribution in [2.75, 3.05) is 18.0 Å². The Kier molecular flexibility index (Phi) is 11.8. The lowest BCUT2D eigenvalue weighted by atomic mass is 10.0. The van der Waals surface area contributed by atoms with E-state index < -0.39 is 44.9 Å². The van der Waals surface area contributed by atoms with Gasteiger partial charge in [0.1, 0.15) is 18.3 Å². The molecule has 0 spiro atoms. The molecule has 0 radical (unpaired) electrons. The van der Waals surface area contributed by atoms with Crippen LogP contribution in [-0.2, 0) is 32.6 Å². The summed E-state index contributed by atoms with van der Waals surface area (Å²) in [5.74, 6) is -0.610. The van der Waals surface area contributed by atoms with Gasteiger partial charge in [0, 0.05) is 34.6 Å². The lowest BCUT2D eigenvalue weighted by molar-refractivity contribution is -0.385. The lowest BCUT2D eigenvalue weighted by Gasteiger charge is -2.35. The van der Waals surface area contributed by atoms with Crippen molar-refractivity contribution >= 4 is 49.1 Å². The number of nitrogens with one attached hydrogen (secondary N) is 1. The standard InChI is InChI=1S/C36H39BrN4O7S/c1-25-11-20-31(22-32(25)41(44)45)49(46,47)40(29-16-18-30(48-5)19-17-29)24-34(42)39(23-27-12-14-28(37)15-13-27)33(35(43)38-36(2,3)4)21-26-9-7-6-8-10-26/h6-20,22,33H,21,23-24H2,1-5H3,(H,38,43)/t33-/m1/s1. The van der Waals surface area contributed by atoms with Gasteiger partial charge in [-0.05, 0) is 81.3 Å². The maximum absolute atomic E-state index is 14.6. The van der Waals surface area contributed by atoms with Crippen molar-refractivity contribution in [1.82, 2.24) is 10.2 Å². The number of sulfonamides is 1. The Bertz CT molecular complexity index is 1900. The highest BCUT2D eigenvalue weighted by molar-refractivity contribution is 9.10. The van der Waals surface area contributed by atoms with Crippen LogP contribution >= 0.6 is 15.9 Å². The number of methoxy groups -OCH3 is 1. The monoisotopic (exact) mass is 750 g/mol. The predicted molar refractivity (Wildman–Crippen MR) is 192 cm³/mol. The molecule has 0 bridgehead atoms. The Morgan fingerprint density at radius 1 is 0.939 bits per heavy atom. The van der Waals surface area contributed by atoms with Crippen LogP contribution in [0.15, 0.2) is 106 Å². The molecule has 1 atom stereocenters. The largest absolute Gasteiger partial charge is 0.497 e. The Hall–Kier alpha value is -4.75. The second-order valence-corrected chi connectivity index (χ2v) is 15.3. The number of hydrogen-bond donors (Lipinski definition) is 1. The smallest absolute Gasteiger partial charge is 0.273 e. The third kappa shape index (κ3) is 9.67. The number of hydrogen-bond acceptors (Lipinski definition) is 7. The molecule has 0 saturated carbocycles. The van der Waals surface area contributed by atoms with Gasteiger partial charge in [0.2, 0.25) is 11.8 Å². The first-order chi connectivity index (χ1) is 23.1. The summed E-state index contributed by atoms with van der Waals surface area (Å²) in [4.78, 5) is 40.8. The van der Waals surface area contributed by atoms with Crippen molar-refractivity contribution in [3.63, 3.8) is 0 Å². The van der Waals surface area contributed by atoms with Gasteiger partial charge < -0.3 is 15.0 Å². The van der Waals surface area contributed by atoms with Gasteiger partial charge in [-0.15, -0.1) is 0 Å². The van der Waals surface area contributed by atoms with Gasteiger partial charge >= 0.3 is 0 Å². The Balaban J connectivity index is 1.85. The second-order valence-electron chi connectivity index (χ2n) is 12.5. The maximum atomic E-state index is 14.6. The van der Waals surface area contributed by atoms with E-state index in [1.54, 1.807) is 12.1 Å². The minimum Gasteiger partial charge on any atom is -0.497 e. The number of rotatable bonds is 13. The zero-order valence-electron chi connectivity index (χ0n) is 27.9. The molecular formula is C36H39BrN4O7S. The molecular weight excluding hydrogens is 712 g/mol. The van der Waals surface area contributed by atoms with E-state index in [0.717, 1.165) is 20.4 Å². The van der Waals surface area contributed by atoms with E-state index in [9.17, 15) is 28.1 Å². The van der Waals surface area contributed by atoms with Crippen molar-refractivity contribution in [2.24, 2.45) is 0 Å². The third-order valence-corrected chi connectivity index (χ3v) is 9.94. The molecule has 4 rings (SSSR count). The lowest BCUT2D eigenvalue weighted by Crippen LogP contribution is -2.56. The number of amides is 2. The number of nitrogens with zero attached hydrogens (tertiary/aromatic N) is 3. The Labute approximate surface area is 295 Å². The normalized spacial score (nSPS) is 12.1. The average Bonchev–Trinajstić information content (AvgIpc) is 3.05. The van der Waals surface area contributed by atoms with Crippen molar-refractivity contribution < 1.29 is 27.7 Å². The molecule has 258 valence electrons. The molecule has 2 amide bonds. The number of ether oxygens (including phenoxy) is 1. The molecule has 4 aromatic rings. The van der Waals surface area contributed by atoms with Crippen LogP contribution in [0.4, 0.5) is 11.4 Å². The fourth-order valence-corrected chi connectivity index (χ4v) is 6.84. The molecule has 0 aliphatic carbocycles. The van der Waals surface area contributed by atoms with Crippen molar-refractivity contribution in [1.29, 1.82) is 0 Å². The minimum absolute atomic E-state index is 0.00627. The summed E-state index contributed by atoms with van der Waals surface area (Å²) in [6, 6.07) is 25.2. The van der Waals surface area contributed by atoms with Crippen LogP contribution in [0.5, 0.6) is 5.75 Å². The van der Waals surface area contributed by atoms with Crippen LogP contribution in [0.1, 0.15) is 37.5 Å². The molecule has 0 aliphatic rings. The number of nitro benzene ring substituents is 1. The maximum Gasteiger partial charge on any atom is 0.273 e. The number of nitro groups is 1. The van der Waals surface area contributed by atoms with Crippen molar-refractivity contribution in [3.8, 4) is 5.75 Å². The number of carbonyl (C=O) groups excluding carboxylic acids is 2. The highest BCUT2D eigenvalue weighted by atomic mass is 79.9. The van der Waals surface area contributed by atoms with E-state index in [2.05, 4.69) is 21.2 Å². The fraction of sp³-hybridized carbons (Fsp3) is 0.278. The van der Waals surface area contributed by atoms with Crippen LogP contribution in [0.25, 0.3) is 0 Å². The van der Waals surface area contributed by atoms with Crippen molar-refractivity contribution in [2.45, 2.75) is 57.1 Å². The SMILES string of the molecule is COc1ccc(N(CC(=O)N(Cc2ccc(Br)cc2)[C@H](Cc2ccccc2)C(=O)NC(C)(C)C)S(=O)(=O)c2ccc(C)c([N+](=O)[O-])c2)cc1. The Morgan fingerprint density at radius 3 is 2.14 bits per heavy atom. The molecule has 0 fully saturated rings. The summed E-state index contributed by atoms with van der Waals surface area (Å²) in [6.07, 6.45) is 0.157. The molecule has 0 heterocycles. The number of benzene rings is 4. The van der Waals surface area contributed by atoms with E-state index in [4.69, 9.17) is 4.74 Å². The van der Waals surface area contributed by atoms with E-state index in [1.807, 2.05) is 75.4 Å². The topological polar surface area (TPSA) is 139 Å². The van der Waals surface area contributed by atoms with Crippen LogP contribution in [-0.4, -0.2) is 55.3 Å². The molecule has 11 nitrogen and oxygen atoms in total. The van der Waals surface area contributed by atoms with E-state index in [-0.39, 0.29) is 34.8 Å². The first kappa shape index (κ1) is 37.1. The fourth-order valence-electron chi connectivity index (χ4n) is 5.14. The van der Waals surface area contributed by atoms with Gasteiger partial charge in [-0.25, -0.2) is 8.42 Å². The van der Waals surface area contributed by atoms with Crippen LogP contribution < -0.4 is 14.4 Å². The molecule has 0 saturated heterocycles. The molecule has 4 aromatic carbocycles. The number of aryl methyl sites for hydroxylation is 1. The van der Waals surface area contributed by atoms with Crippen molar-refractivity contribution in [3.05, 3.63) is 128 Å². The zero-order chi connectivity index (χ0) is 35.9. The molecule has 49 heavy (non-hydrogen) atoms. The summed E-state index contributed by atoms with van der Waals surface area (Å²) in [5, 5.41) is 14.7. The molecule has 1 N–H and O–H groups in total. The second kappa shape index (κ2) is 15.6. The predicted octanol–water partition coefficient (Wildman–Crippen LogP) is 6.42. The van der Waals surface area contributed by atoms with E-state index >= 15 is 0 Å². The van der Waals surface area contributed by atoms with Crippen LogP contribution in [0.3, 0.4) is 0 Å². The molecule has 0 aromatic heterocycles. The average molecular weight is 752 g/mol. The van der Waals surface area contributed by atoms with E-state index in [0.29, 0.717) is 11.3 Å². The van der Waals surface area contributed by atoms with Gasteiger partial charge in [0.05, 0.1) is 22.6 Å². The number of carbonyl (C=O) groups is 2. The highest BCUT2D eigenvalue weighted by Gasteiger charge is 2.36. The minimum atomic E-state index is -4.55. The van der Waals surface area contributed by atoms with Gasteiger partial charge in [-0.3, -0.25) is 24.0 Å². The third-order valence-electron chi connectivity index (χ3n) is 7.64. The zero-order valence-corrected chi connectivity index (χ0v) is 30.3. The summed E-state index contributed by atoms with van der Waals surface area (Å²) >= 11 is 3.43. The first-order valence-electron chi connectivity index (χ1n) is 15.4. The number of anilines is 1. The first-order valence-corrected chi connectivity index (χ1v) is 17.6. The number of halogens is 1. The summed E-state index contributed by atoms with van der Waals surface area (Å²) < 4.78 is 35.6. The van der Waals surface area contributed by atoms with Gasteiger partial charge in [-0.2, -0.15) is 0 Å².